The second-order valence-electron chi connectivity index (χ2n) is 5.88. The van der Waals surface area contributed by atoms with Crippen LogP contribution in [0.3, 0.4) is 0 Å². The van der Waals surface area contributed by atoms with Gasteiger partial charge >= 0.3 is 6.03 Å². The Morgan fingerprint density at radius 3 is 1.93 bits per heavy atom. The molecule has 3 aromatic carbocycles. The molecule has 0 heterocycles. The lowest BCUT2D eigenvalue weighted by molar-refractivity contribution is -0.121. The molecule has 0 spiro atoms. The third-order valence-electron chi connectivity index (χ3n) is 3.81. The molecule has 6 heteroatoms. The summed E-state index contributed by atoms with van der Waals surface area (Å²) in [5, 5.41) is 4.72. The zero-order chi connectivity index (χ0) is 19.8. The number of carbonyl (C=O) groups excluding carboxylic acids is 3. The number of nitrogens with one attached hydrogen (secondary N) is 2. The van der Waals surface area contributed by atoms with Crippen LogP contribution in [0.25, 0.3) is 0 Å². The van der Waals surface area contributed by atoms with Crippen LogP contribution in [0.1, 0.15) is 15.9 Å². The van der Waals surface area contributed by atoms with Crippen molar-refractivity contribution in [1.82, 2.24) is 5.32 Å². The first kappa shape index (κ1) is 18.8. The van der Waals surface area contributed by atoms with E-state index in [0.29, 0.717) is 22.6 Å². The van der Waals surface area contributed by atoms with Crippen molar-refractivity contribution in [2.45, 2.75) is 0 Å². The van der Waals surface area contributed by atoms with E-state index in [4.69, 9.17) is 4.74 Å². The summed E-state index contributed by atoms with van der Waals surface area (Å²) in [5.41, 5.74) is 1.69. The van der Waals surface area contributed by atoms with Gasteiger partial charge in [0.1, 0.15) is 5.75 Å². The lowest BCUT2D eigenvalue weighted by Gasteiger charge is -2.08. The van der Waals surface area contributed by atoms with Crippen LogP contribution in [0, 0.1) is 0 Å². The number of benzene rings is 3. The molecule has 0 atom stereocenters. The molecule has 140 valence electrons. The summed E-state index contributed by atoms with van der Waals surface area (Å²) in [4.78, 5) is 35.9. The maximum Gasteiger partial charge on any atom is 0.325 e. The molecule has 3 rings (SSSR count). The molecule has 0 saturated carbocycles. The van der Waals surface area contributed by atoms with E-state index >= 15 is 0 Å². The van der Waals surface area contributed by atoms with Gasteiger partial charge in [-0.1, -0.05) is 48.5 Å². The van der Waals surface area contributed by atoms with Gasteiger partial charge in [0.05, 0.1) is 0 Å². The second-order valence-corrected chi connectivity index (χ2v) is 5.88. The highest BCUT2D eigenvalue weighted by atomic mass is 16.5. The Kier molecular flexibility index (Phi) is 6.15. The zero-order valence-corrected chi connectivity index (χ0v) is 14.9. The molecular formula is C22H18N2O4. The maximum atomic E-state index is 12.3. The summed E-state index contributed by atoms with van der Waals surface area (Å²) < 4.78 is 5.36. The predicted molar refractivity (Wildman–Crippen MR) is 105 cm³/mol. The Morgan fingerprint density at radius 1 is 0.714 bits per heavy atom. The molecule has 2 N–H and O–H groups in total. The molecule has 0 aliphatic heterocycles. The van der Waals surface area contributed by atoms with Crippen LogP contribution >= 0.6 is 0 Å². The Balaban J connectivity index is 1.48. The van der Waals surface area contributed by atoms with Crippen molar-refractivity contribution in [3.8, 4) is 5.75 Å². The van der Waals surface area contributed by atoms with Crippen LogP contribution in [0.15, 0.2) is 84.9 Å². The maximum absolute atomic E-state index is 12.3. The summed E-state index contributed by atoms with van der Waals surface area (Å²) >= 11 is 0. The number of ketones is 1. The molecule has 0 fully saturated rings. The Morgan fingerprint density at radius 2 is 1.29 bits per heavy atom. The highest BCUT2D eigenvalue weighted by Crippen LogP contribution is 2.15. The Hall–Kier alpha value is -3.93. The number of hydrogen-bond donors (Lipinski definition) is 2. The zero-order valence-electron chi connectivity index (χ0n) is 14.9. The van der Waals surface area contributed by atoms with Crippen LogP contribution < -0.4 is 15.4 Å². The van der Waals surface area contributed by atoms with Crippen LogP contribution in [-0.2, 0) is 4.79 Å². The second kappa shape index (κ2) is 9.14. The van der Waals surface area contributed by atoms with Gasteiger partial charge < -0.3 is 10.1 Å². The molecule has 0 bridgehead atoms. The van der Waals surface area contributed by atoms with Gasteiger partial charge in [-0.15, -0.1) is 0 Å². The third kappa shape index (κ3) is 5.28. The van der Waals surface area contributed by atoms with Crippen molar-refractivity contribution in [1.29, 1.82) is 0 Å². The first-order valence-corrected chi connectivity index (χ1v) is 8.60. The van der Waals surface area contributed by atoms with Crippen LogP contribution in [0.4, 0.5) is 10.5 Å². The van der Waals surface area contributed by atoms with Crippen molar-refractivity contribution >= 4 is 23.4 Å². The average molecular weight is 374 g/mol. The number of imide groups is 1. The standard InChI is InChI=1S/C22H18N2O4/c25-20(24-22(27)23-18-9-5-2-6-10-18)15-28-19-13-11-17(12-14-19)21(26)16-7-3-1-4-8-16/h1-14H,15H2,(H2,23,24,25,27). The fraction of sp³-hybridized carbons (Fsp3) is 0.0455. The van der Waals surface area contributed by atoms with E-state index in [2.05, 4.69) is 10.6 Å². The molecule has 0 aliphatic carbocycles. The first-order valence-electron chi connectivity index (χ1n) is 8.60. The Bertz CT molecular complexity index is 955. The fourth-order valence-corrected chi connectivity index (χ4v) is 2.45. The van der Waals surface area contributed by atoms with Gasteiger partial charge in [0.25, 0.3) is 5.91 Å². The number of amides is 3. The predicted octanol–water partition coefficient (Wildman–Crippen LogP) is 3.64. The molecule has 28 heavy (non-hydrogen) atoms. The minimum atomic E-state index is -0.636. The molecular weight excluding hydrogens is 356 g/mol. The SMILES string of the molecule is O=C(COc1ccc(C(=O)c2ccccc2)cc1)NC(=O)Nc1ccccc1. The van der Waals surface area contributed by atoms with Crippen molar-refractivity contribution in [3.05, 3.63) is 96.1 Å². The normalized spacial score (nSPS) is 10.0. The summed E-state index contributed by atoms with van der Waals surface area (Å²) in [5.74, 6) is -0.261. The summed E-state index contributed by atoms with van der Waals surface area (Å²) in [6.07, 6.45) is 0. The van der Waals surface area contributed by atoms with E-state index < -0.39 is 11.9 Å². The van der Waals surface area contributed by atoms with E-state index in [1.807, 2.05) is 12.1 Å². The van der Waals surface area contributed by atoms with E-state index in [1.54, 1.807) is 72.8 Å². The molecule has 6 nitrogen and oxygen atoms in total. The van der Waals surface area contributed by atoms with Gasteiger partial charge in [-0.3, -0.25) is 14.9 Å². The average Bonchev–Trinajstić information content (AvgIpc) is 2.73. The molecule has 0 unspecified atom stereocenters. The molecule has 0 saturated heterocycles. The number of hydrogen-bond acceptors (Lipinski definition) is 4. The number of urea groups is 1. The van der Waals surface area contributed by atoms with Crippen LogP contribution in [-0.4, -0.2) is 24.3 Å². The topological polar surface area (TPSA) is 84.5 Å². The van der Waals surface area contributed by atoms with Gasteiger partial charge in [0.2, 0.25) is 0 Å². The summed E-state index contributed by atoms with van der Waals surface area (Å²) in [6, 6.07) is 23.6. The number of anilines is 1. The van der Waals surface area contributed by atoms with E-state index in [-0.39, 0.29) is 12.4 Å². The largest absolute Gasteiger partial charge is 0.484 e. The number of para-hydroxylation sites is 1. The third-order valence-corrected chi connectivity index (χ3v) is 3.81. The molecule has 3 aromatic rings. The van der Waals surface area contributed by atoms with Gasteiger partial charge in [-0.05, 0) is 36.4 Å². The molecule has 0 radical (unpaired) electrons. The van der Waals surface area contributed by atoms with Gasteiger partial charge in [-0.2, -0.15) is 0 Å². The van der Waals surface area contributed by atoms with Crippen LogP contribution in [0.2, 0.25) is 0 Å². The number of carbonyl (C=O) groups is 3. The minimum Gasteiger partial charge on any atom is -0.484 e. The van der Waals surface area contributed by atoms with E-state index in [0.717, 1.165) is 0 Å². The smallest absolute Gasteiger partial charge is 0.325 e. The van der Waals surface area contributed by atoms with Gasteiger partial charge in [-0.25, -0.2) is 4.79 Å². The highest BCUT2D eigenvalue weighted by molar-refractivity contribution is 6.09. The van der Waals surface area contributed by atoms with Crippen LogP contribution in [0.5, 0.6) is 5.75 Å². The lowest BCUT2D eigenvalue weighted by atomic mass is 10.0. The highest BCUT2D eigenvalue weighted by Gasteiger charge is 2.10. The minimum absolute atomic E-state index is 0.0949. The van der Waals surface area contributed by atoms with Crippen molar-refractivity contribution in [2.75, 3.05) is 11.9 Å². The van der Waals surface area contributed by atoms with Crippen molar-refractivity contribution in [3.63, 3.8) is 0 Å². The lowest BCUT2D eigenvalue weighted by Crippen LogP contribution is -2.37. The van der Waals surface area contributed by atoms with E-state index in [1.165, 1.54) is 0 Å². The Labute approximate surface area is 162 Å². The monoisotopic (exact) mass is 374 g/mol. The van der Waals surface area contributed by atoms with Gasteiger partial charge in [0.15, 0.2) is 12.4 Å². The number of ether oxygens (including phenoxy) is 1. The molecule has 0 aromatic heterocycles. The van der Waals surface area contributed by atoms with Crippen molar-refractivity contribution < 1.29 is 19.1 Å². The van der Waals surface area contributed by atoms with Gasteiger partial charge in [0, 0.05) is 16.8 Å². The number of rotatable bonds is 6. The molecule has 0 aliphatic rings. The first-order chi connectivity index (χ1) is 13.6. The summed E-state index contributed by atoms with van der Waals surface area (Å²) in [6.45, 7) is -0.325. The van der Waals surface area contributed by atoms with Crippen molar-refractivity contribution in [2.24, 2.45) is 0 Å². The molecule has 3 amide bonds. The van der Waals surface area contributed by atoms with E-state index in [9.17, 15) is 14.4 Å². The quantitative estimate of drug-likeness (QED) is 0.645. The summed E-state index contributed by atoms with van der Waals surface area (Å²) in [7, 11) is 0. The fourth-order valence-electron chi connectivity index (χ4n) is 2.45.